The van der Waals surface area contributed by atoms with Crippen LogP contribution in [0.1, 0.15) is 24.7 Å². The van der Waals surface area contributed by atoms with Gasteiger partial charge in [0.15, 0.2) is 11.7 Å². The first-order valence-electron chi connectivity index (χ1n) is 4.99. The fraction of sp³-hybridized carbons (Fsp3) is 0.400. The summed E-state index contributed by atoms with van der Waals surface area (Å²) >= 11 is 0. The van der Waals surface area contributed by atoms with Gasteiger partial charge in [-0.3, -0.25) is 4.68 Å². The van der Waals surface area contributed by atoms with Crippen LogP contribution in [0.3, 0.4) is 0 Å². The highest BCUT2D eigenvalue weighted by Gasteiger charge is 2.29. The summed E-state index contributed by atoms with van der Waals surface area (Å²) in [4.78, 5) is 4.25. The zero-order chi connectivity index (χ0) is 10.4. The van der Waals surface area contributed by atoms with E-state index in [0.29, 0.717) is 17.4 Å². The summed E-state index contributed by atoms with van der Waals surface area (Å²) < 4.78 is 7.36. The second-order valence-corrected chi connectivity index (χ2v) is 3.91. The number of hydrogen-bond donors (Lipinski definition) is 1. The average molecular weight is 204 g/mol. The molecule has 0 saturated heterocycles. The van der Waals surface area contributed by atoms with E-state index in [1.807, 2.05) is 7.05 Å². The van der Waals surface area contributed by atoms with Crippen molar-refractivity contribution in [1.29, 1.82) is 0 Å². The summed E-state index contributed by atoms with van der Waals surface area (Å²) in [5.41, 5.74) is 7.22. The van der Waals surface area contributed by atoms with Gasteiger partial charge in [0.05, 0.1) is 18.1 Å². The Morgan fingerprint density at radius 2 is 2.27 bits per heavy atom. The largest absolute Gasteiger partial charge is 0.439 e. The fourth-order valence-corrected chi connectivity index (χ4v) is 1.67. The molecule has 15 heavy (non-hydrogen) atoms. The van der Waals surface area contributed by atoms with Crippen LogP contribution in [-0.2, 0) is 7.05 Å². The maximum absolute atomic E-state index is 5.80. The summed E-state index contributed by atoms with van der Waals surface area (Å²) in [5.74, 6) is 2.05. The molecule has 2 aromatic rings. The quantitative estimate of drug-likeness (QED) is 0.805. The predicted octanol–water partition coefficient (Wildman–Crippen LogP) is 1.53. The number of nitrogens with zero attached hydrogens (tertiary/aromatic N) is 3. The van der Waals surface area contributed by atoms with Crippen molar-refractivity contribution in [3.8, 4) is 11.5 Å². The molecule has 1 aliphatic rings. The number of oxazole rings is 1. The third-order valence-electron chi connectivity index (χ3n) is 2.65. The molecule has 5 nitrogen and oxygen atoms in total. The van der Waals surface area contributed by atoms with Gasteiger partial charge < -0.3 is 10.2 Å². The number of nitrogen functional groups attached to an aromatic ring is 1. The molecule has 1 saturated carbocycles. The highest BCUT2D eigenvalue weighted by Crippen LogP contribution is 2.40. The molecule has 0 bridgehead atoms. The van der Waals surface area contributed by atoms with Crippen molar-refractivity contribution in [3.63, 3.8) is 0 Å². The minimum Gasteiger partial charge on any atom is -0.439 e. The van der Waals surface area contributed by atoms with Crippen molar-refractivity contribution in [3.05, 3.63) is 18.3 Å². The van der Waals surface area contributed by atoms with Crippen LogP contribution in [0.5, 0.6) is 0 Å². The van der Waals surface area contributed by atoms with Crippen molar-refractivity contribution in [1.82, 2.24) is 14.8 Å². The number of rotatable bonds is 2. The number of aromatic nitrogens is 3. The van der Waals surface area contributed by atoms with Gasteiger partial charge in [0.2, 0.25) is 0 Å². The van der Waals surface area contributed by atoms with Gasteiger partial charge >= 0.3 is 0 Å². The first-order chi connectivity index (χ1) is 7.25. The molecule has 0 unspecified atom stereocenters. The van der Waals surface area contributed by atoms with E-state index in [2.05, 4.69) is 10.1 Å². The maximum Gasteiger partial charge on any atom is 0.198 e. The van der Waals surface area contributed by atoms with Gasteiger partial charge in [0.25, 0.3) is 0 Å². The van der Waals surface area contributed by atoms with Crippen molar-refractivity contribution < 1.29 is 4.42 Å². The number of nitrogens with two attached hydrogens (primary N) is 1. The Labute approximate surface area is 86.9 Å². The number of anilines is 1. The Kier molecular flexibility index (Phi) is 1.62. The standard InChI is InChI=1S/C10H12N4O/c1-14-9(7(11)4-13-14)8-5-12-10(15-8)6-2-3-6/h4-6H,2-3,11H2,1H3. The number of aryl methyl sites for hydroxylation is 1. The third kappa shape index (κ3) is 1.31. The van der Waals surface area contributed by atoms with E-state index in [9.17, 15) is 0 Å². The van der Waals surface area contributed by atoms with E-state index in [0.717, 1.165) is 11.6 Å². The lowest BCUT2D eigenvalue weighted by atomic mass is 10.3. The molecule has 0 atom stereocenters. The normalized spacial score (nSPS) is 15.8. The molecule has 5 heteroatoms. The zero-order valence-electron chi connectivity index (χ0n) is 8.47. The molecule has 2 aromatic heterocycles. The minimum absolute atomic E-state index is 0.521. The summed E-state index contributed by atoms with van der Waals surface area (Å²) in [7, 11) is 1.84. The van der Waals surface area contributed by atoms with Crippen LogP contribution in [-0.4, -0.2) is 14.8 Å². The van der Waals surface area contributed by atoms with Crippen molar-refractivity contribution >= 4 is 5.69 Å². The number of hydrogen-bond acceptors (Lipinski definition) is 4. The molecule has 0 aromatic carbocycles. The first-order valence-corrected chi connectivity index (χ1v) is 4.99. The highest BCUT2D eigenvalue weighted by molar-refractivity contribution is 5.67. The van der Waals surface area contributed by atoms with E-state index in [1.165, 1.54) is 12.8 Å². The Balaban J connectivity index is 2.04. The second kappa shape index (κ2) is 2.85. The van der Waals surface area contributed by atoms with Gasteiger partial charge in [-0.2, -0.15) is 5.10 Å². The van der Waals surface area contributed by atoms with E-state index in [-0.39, 0.29) is 0 Å². The van der Waals surface area contributed by atoms with Crippen LogP contribution in [0, 0.1) is 0 Å². The summed E-state index contributed by atoms with van der Waals surface area (Å²) in [6.07, 6.45) is 5.71. The van der Waals surface area contributed by atoms with Gasteiger partial charge in [-0.05, 0) is 12.8 Å². The van der Waals surface area contributed by atoms with E-state index >= 15 is 0 Å². The molecule has 0 aliphatic heterocycles. The Morgan fingerprint density at radius 1 is 1.47 bits per heavy atom. The van der Waals surface area contributed by atoms with Crippen LogP contribution in [0.2, 0.25) is 0 Å². The maximum atomic E-state index is 5.80. The Hall–Kier alpha value is -1.78. The predicted molar refractivity (Wildman–Crippen MR) is 55.1 cm³/mol. The van der Waals surface area contributed by atoms with E-state index in [1.54, 1.807) is 17.1 Å². The molecule has 1 fully saturated rings. The van der Waals surface area contributed by atoms with Crippen LogP contribution in [0.15, 0.2) is 16.8 Å². The Morgan fingerprint density at radius 3 is 2.87 bits per heavy atom. The van der Waals surface area contributed by atoms with Crippen LogP contribution < -0.4 is 5.73 Å². The van der Waals surface area contributed by atoms with Crippen molar-refractivity contribution in [2.75, 3.05) is 5.73 Å². The SMILES string of the molecule is Cn1ncc(N)c1-c1cnc(C2CC2)o1. The minimum atomic E-state index is 0.521. The van der Waals surface area contributed by atoms with Gasteiger partial charge in [0.1, 0.15) is 5.69 Å². The Bertz CT molecular complexity index is 476. The fourth-order valence-electron chi connectivity index (χ4n) is 1.67. The summed E-state index contributed by atoms with van der Waals surface area (Å²) in [6.45, 7) is 0. The van der Waals surface area contributed by atoms with Gasteiger partial charge in [-0.15, -0.1) is 0 Å². The molecular formula is C10H12N4O. The van der Waals surface area contributed by atoms with Crippen LogP contribution >= 0.6 is 0 Å². The van der Waals surface area contributed by atoms with Gasteiger partial charge in [-0.25, -0.2) is 4.98 Å². The smallest absolute Gasteiger partial charge is 0.198 e. The third-order valence-corrected chi connectivity index (χ3v) is 2.65. The van der Waals surface area contributed by atoms with Crippen LogP contribution in [0.4, 0.5) is 5.69 Å². The molecule has 3 rings (SSSR count). The highest BCUT2D eigenvalue weighted by atomic mass is 16.4. The van der Waals surface area contributed by atoms with Gasteiger partial charge in [-0.1, -0.05) is 0 Å². The monoisotopic (exact) mass is 204 g/mol. The summed E-state index contributed by atoms with van der Waals surface area (Å²) in [5, 5.41) is 4.07. The van der Waals surface area contributed by atoms with Crippen molar-refractivity contribution in [2.45, 2.75) is 18.8 Å². The van der Waals surface area contributed by atoms with Gasteiger partial charge in [0, 0.05) is 13.0 Å². The summed E-state index contributed by atoms with van der Waals surface area (Å²) in [6, 6.07) is 0. The molecule has 1 aliphatic carbocycles. The van der Waals surface area contributed by atoms with Crippen LogP contribution in [0.25, 0.3) is 11.5 Å². The second-order valence-electron chi connectivity index (χ2n) is 3.91. The molecule has 2 N–H and O–H groups in total. The molecule has 0 amide bonds. The first kappa shape index (κ1) is 8.52. The molecular weight excluding hydrogens is 192 g/mol. The average Bonchev–Trinajstić information content (AvgIpc) is 2.87. The molecule has 0 radical (unpaired) electrons. The molecule has 2 heterocycles. The molecule has 78 valence electrons. The topological polar surface area (TPSA) is 69.9 Å². The lowest BCUT2D eigenvalue weighted by Crippen LogP contribution is -1.94. The lowest BCUT2D eigenvalue weighted by molar-refractivity contribution is 0.505. The van der Waals surface area contributed by atoms with E-state index < -0.39 is 0 Å². The van der Waals surface area contributed by atoms with E-state index in [4.69, 9.17) is 10.2 Å². The molecule has 0 spiro atoms. The lowest BCUT2D eigenvalue weighted by Gasteiger charge is -1.97. The zero-order valence-corrected chi connectivity index (χ0v) is 8.47. The van der Waals surface area contributed by atoms with Crippen molar-refractivity contribution in [2.24, 2.45) is 7.05 Å².